The second-order valence-corrected chi connectivity index (χ2v) is 11.9. The molecule has 3 heterocycles. The molecule has 36 heavy (non-hydrogen) atoms. The fourth-order valence-electron chi connectivity index (χ4n) is 5.45. The number of carbonyl (C=O) groups is 1. The van der Waals surface area contributed by atoms with Crippen molar-refractivity contribution in [2.24, 2.45) is 5.92 Å². The van der Waals surface area contributed by atoms with Crippen LogP contribution in [0, 0.1) is 33.6 Å². The Kier molecular flexibility index (Phi) is 8.02. The van der Waals surface area contributed by atoms with Crippen molar-refractivity contribution in [3.63, 3.8) is 0 Å². The van der Waals surface area contributed by atoms with E-state index in [0.29, 0.717) is 38.2 Å². The number of hydrogen-bond acceptors (Lipinski definition) is 6. The van der Waals surface area contributed by atoms with Crippen LogP contribution in [0.25, 0.3) is 12.2 Å². The molecule has 0 spiro atoms. The number of piperidine rings is 1. The molecule has 9 heteroatoms. The van der Waals surface area contributed by atoms with E-state index >= 15 is 0 Å². The zero-order valence-electron chi connectivity index (χ0n) is 22.1. The van der Waals surface area contributed by atoms with Gasteiger partial charge in [-0.15, -0.1) is 0 Å². The standard InChI is InChI=1S/C27H38N4O4S/c1-6-29-12-14-30(15-13-29)27(32)23-8-7-11-31(18-23)36(33,34)26-22(5)28-35-25(26)10-9-24-20(3)16-19(2)17-21(24)4/h9-10,16-17,23H,6-8,11-15,18H2,1-5H3/b10-9+/t23-/m0/s1. The fraction of sp³-hybridized carbons (Fsp3) is 0.556. The van der Waals surface area contributed by atoms with Crippen LogP contribution in [0.15, 0.2) is 21.6 Å². The Bertz CT molecular complexity index is 1220. The van der Waals surface area contributed by atoms with Crippen LogP contribution in [-0.4, -0.2) is 79.4 Å². The average molecular weight is 515 g/mol. The molecule has 1 aromatic carbocycles. The van der Waals surface area contributed by atoms with Gasteiger partial charge in [-0.05, 0) is 69.8 Å². The molecule has 1 amide bonds. The maximum absolute atomic E-state index is 13.8. The number of aryl methyl sites for hydroxylation is 4. The van der Waals surface area contributed by atoms with Gasteiger partial charge < -0.3 is 14.3 Å². The summed E-state index contributed by atoms with van der Waals surface area (Å²) < 4.78 is 34.4. The minimum atomic E-state index is -3.87. The molecule has 2 saturated heterocycles. The number of nitrogens with zero attached hydrogens (tertiary/aromatic N) is 4. The van der Waals surface area contributed by atoms with Crippen molar-refractivity contribution in [3.05, 3.63) is 45.8 Å². The van der Waals surface area contributed by atoms with Gasteiger partial charge >= 0.3 is 0 Å². The third-order valence-corrected chi connectivity index (χ3v) is 9.46. The van der Waals surface area contributed by atoms with Gasteiger partial charge in [-0.3, -0.25) is 4.79 Å². The highest BCUT2D eigenvalue weighted by molar-refractivity contribution is 7.89. The summed E-state index contributed by atoms with van der Waals surface area (Å²) in [5.41, 5.74) is 4.77. The van der Waals surface area contributed by atoms with Gasteiger partial charge in [0, 0.05) is 39.3 Å². The monoisotopic (exact) mass is 514 g/mol. The SMILES string of the molecule is CCN1CCN(C(=O)[C@H]2CCCN(S(=O)(=O)c3c(C)noc3/C=C/c3c(C)cc(C)cc3C)C2)CC1. The maximum Gasteiger partial charge on any atom is 0.248 e. The van der Waals surface area contributed by atoms with Gasteiger partial charge in [0.1, 0.15) is 5.69 Å². The van der Waals surface area contributed by atoms with E-state index in [1.165, 1.54) is 9.87 Å². The summed E-state index contributed by atoms with van der Waals surface area (Å²) in [6.07, 6.45) is 4.95. The minimum Gasteiger partial charge on any atom is -0.355 e. The molecule has 0 saturated carbocycles. The van der Waals surface area contributed by atoms with Gasteiger partial charge in [-0.25, -0.2) is 8.42 Å². The molecule has 1 atom stereocenters. The van der Waals surface area contributed by atoms with E-state index in [4.69, 9.17) is 4.52 Å². The second kappa shape index (κ2) is 10.9. The molecule has 196 valence electrons. The molecule has 2 aromatic rings. The number of hydrogen-bond donors (Lipinski definition) is 0. The van der Waals surface area contributed by atoms with Crippen molar-refractivity contribution in [3.8, 4) is 0 Å². The van der Waals surface area contributed by atoms with E-state index in [0.717, 1.165) is 36.3 Å². The first-order valence-electron chi connectivity index (χ1n) is 12.8. The van der Waals surface area contributed by atoms with Crippen LogP contribution in [0.3, 0.4) is 0 Å². The van der Waals surface area contributed by atoms with Crippen molar-refractivity contribution < 1.29 is 17.7 Å². The molecule has 0 radical (unpaired) electrons. The summed E-state index contributed by atoms with van der Waals surface area (Å²) in [5.74, 6) is -0.0344. The topological polar surface area (TPSA) is 87.0 Å². The number of likely N-dealkylation sites (N-methyl/N-ethyl adjacent to an activating group) is 1. The number of rotatable bonds is 6. The van der Waals surface area contributed by atoms with Crippen LogP contribution in [-0.2, 0) is 14.8 Å². The van der Waals surface area contributed by atoms with Crippen LogP contribution >= 0.6 is 0 Å². The number of amides is 1. The number of carbonyl (C=O) groups excluding carboxylic acids is 1. The summed E-state index contributed by atoms with van der Waals surface area (Å²) in [4.78, 5) is 17.5. The molecular weight excluding hydrogens is 476 g/mol. The van der Waals surface area contributed by atoms with Crippen LogP contribution in [0.4, 0.5) is 0 Å². The first kappa shape index (κ1) is 26.6. The van der Waals surface area contributed by atoms with Crippen molar-refractivity contribution in [2.45, 2.75) is 52.4 Å². The lowest BCUT2D eigenvalue weighted by Crippen LogP contribution is -2.52. The molecule has 2 aliphatic rings. The van der Waals surface area contributed by atoms with Crippen LogP contribution < -0.4 is 0 Å². The summed E-state index contributed by atoms with van der Waals surface area (Å²) in [7, 11) is -3.87. The third kappa shape index (κ3) is 5.43. The smallest absolute Gasteiger partial charge is 0.248 e. The zero-order chi connectivity index (χ0) is 26.0. The number of sulfonamides is 1. The highest BCUT2D eigenvalue weighted by Crippen LogP contribution is 2.30. The van der Waals surface area contributed by atoms with E-state index in [1.54, 1.807) is 13.0 Å². The van der Waals surface area contributed by atoms with Crippen LogP contribution in [0.5, 0.6) is 0 Å². The van der Waals surface area contributed by atoms with Gasteiger partial charge in [0.2, 0.25) is 15.9 Å². The molecule has 4 rings (SSSR count). The quantitative estimate of drug-likeness (QED) is 0.585. The summed E-state index contributed by atoms with van der Waals surface area (Å²) in [6, 6.07) is 4.20. The number of piperazine rings is 1. The lowest BCUT2D eigenvalue weighted by Gasteiger charge is -2.38. The van der Waals surface area contributed by atoms with E-state index in [1.807, 2.05) is 24.8 Å². The Morgan fingerprint density at radius 3 is 2.36 bits per heavy atom. The normalized spacial score (nSPS) is 20.4. The number of aromatic nitrogens is 1. The summed E-state index contributed by atoms with van der Waals surface area (Å²) in [6.45, 7) is 14.6. The third-order valence-electron chi connectivity index (χ3n) is 7.44. The predicted molar refractivity (Wildman–Crippen MR) is 141 cm³/mol. The van der Waals surface area contributed by atoms with E-state index in [9.17, 15) is 13.2 Å². The van der Waals surface area contributed by atoms with Gasteiger partial charge in [-0.2, -0.15) is 4.31 Å². The largest absolute Gasteiger partial charge is 0.355 e. The first-order valence-corrected chi connectivity index (χ1v) is 14.3. The Balaban J connectivity index is 1.54. The van der Waals surface area contributed by atoms with Crippen molar-refractivity contribution in [1.82, 2.24) is 19.3 Å². The fourth-order valence-corrected chi connectivity index (χ4v) is 7.22. The lowest BCUT2D eigenvalue weighted by molar-refractivity contribution is -0.138. The maximum atomic E-state index is 13.8. The van der Waals surface area contributed by atoms with Gasteiger partial charge in [-0.1, -0.05) is 35.9 Å². The Hall–Kier alpha value is -2.49. The second-order valence-electron chi connectivity index (χ2n) is 10.1. The van der Waals surface area contributed by atoms with Crippen LogP contribution in [0.1, 0.15) is 53.5 Å². The summed E-state index contributed by atoms with van der Waals surface area (Å²) >= 11 is 0. The Labute approximate surface area is 215 Å². The predicted octanol–water partition coefficient (Wildman–Crippen LogP) is 3.64. The number of benzene rings is 1. The van der Waals surface area contributed by atoms with Gasteiger partial charge in [0.25, 0.3) is 0 Å². The zero-order valence-corrected chi connectivity index (χ0v) is 22.9. The van der Waals surface area contributed by atoms with Gasteiger partial charge in [0.15, 0.2) is 10.7 Å². The van der Waals surface area contributed by atoms with Gasteiger partial charge in [0.05, 0.1) is 5.92 Å². The highest BCUT2D eigenvalue weighted by atomic mass is 32.2. The molecular formula is C27H38N4O4S. The average Bonchev–Trinajstić information content (AvgIpc) is 3.24. The van der Waals surface area contributed by atoms with Crippen molar-refractivity contribution in [2.75, 3.05) is 45.8 Å². The van der Waals surface area contributed by atoms with E-state index < -0.39 is 10.0 Å². The molecule has 0 bridgehead atoms. The molecule has 0 unspecified atom stereocenters. The first-order chi connectivity index (χ1) is 17.1. The molecule has 2 fully saturated rings. The highest BCUT2D eigenvalue weighted by Gasteiger charge is 2.38. The Morgan fingerprint density at radius 1 is 1.06 bits per heavy atom. The van der Waals surface area contributed by atoms with Crippen molar-refractivity contribution >= 4 is 28.1 Å². The summed E-state index contributed by atoms with van der Waals surface area (Å²) in [5, 5.41) is 3.98. The lowest BCUT2D eigenvalue weighted by atomic mass is 9.98. The molecule has 1 aromatic heterocycles. The molecule has 2 aliphatic heterocycles. The van der Waals surface area contributed by atoms with Crippen molar-refractivity contribution in [1.29, 1.82) is 0 Å². The van der Waals surface area contributed by atoms with E-state index in [2.05, 4.69) is 36.0 Å². The molecule has 0 N–H and O–H groups in total. The van der Waals surface area contributed by atoms with E-state index in [-0.39, 0.29) is 29.0 Å². The molecule has 0 aliphatic carbocycles. The Morgan fingerprint density at radius 2 is 1.72 bits per heavy atom. The molecule has 8 nitrogen and oxygen atoms in total. The minimum absolute atomic E-state index is 0.0677. The van der Waals surface area contributed by atoms with Crippen LogP contribution in [0.2, 0.25) is 0 Å².